The summed E-state index contributed by atoms with van der Waals surface area (Å²) in [5.41, 5.74) is 5.97. The largest absolute Gasteiger partial charge is 0.387 e. The predicted molar refractivity (Wildman–Crippen MR) is 68.4 cm³/mol. The lowest BCUT2D eigenvalue weighted by Gasteiger charge is -2.11. The molecule has 0 radical (unpaired) electrons. The zero-order valence-electron chi connectivity index (χ0n) is 9.14. The molecule has 3 N–H and O–H groups in total. The summed E-state index contributed by atoms with van der Waals surface area (Å²) in [6.07, 6.45) is 0.716. The van der Waals surface area contributed by atoms with Crippen LogP contribution in [0, 0.1) is 0 Å². The Morgan fingerprint density at radius 3 is 2.59 bits per heavy atom. The van der Waals surface area contributed by atoms with Crippen molar-refractivity contribution < 1.29 is 13.5 Å². The number of hydrogen-bond acceptors (Lipinski definition) is 4. The van der Waals surface area contributed by atoms with E-state index in [1.54, 1.807) is 12.1 Å². The van der Waals surface area contributed by atoms with Gasteiger partial charge < -0.3 is 10.8 Å². The third-order valence-corrected chi connectivity index (χ3v) is 6.07. The van der Waals surface area contributed by atoms with Crippen LogP contribution >= 0.6 is 15.9 Å². The van der Waals surface area contributed by atoms with Crippen LogP contribution in [0.1, 0.15) is 24.5 Å². The van der Waals surface area contributed by atoms with Crippen LogP contribution in [0.3, 0.4) is 0 Å². The zero-order chi connectivity index (χ0) is 12.6. The molecular formula is C11H14BrNO3S. The van der Waals surface area contributed by atoms with Crippen molar-refractivity contribution in [3.63, 3.8) is 0 Å². The Morgan fingerprint density at radius 2 is 2.12 bits per heavy atom. The molecule has 17 heavy (non-hydrogen) atoms. The summed E-state index contributed by atoms with van der Waals surface area (Å²) in [4.78, 5) is 0.299. The lowest BCUT2D eigenvalue weighted by Crippen LogP contribution is -2.13. The quantitative estimate of drug-likeness (QED) is 0.878. The lowest BCUT2D eigenvalue weighted by molar-refractivity contribution is 0.186. The Kier molecular flexibility index (Phi) is 3.58. The minimum atomic E-state index is -3.21. The highest BCUT2D eigenvalue weighted by molar-refractivity contribution is 9.10. The summed E-state index contributed by atoms with van der Waals surface area (Å²) in [5, 5.41) is 9.34. The number of rotatable bonds is 4. The Labute approximate surface area is 109 Å². The van der Waals surface area contributed by atoms with Gasteiger partial charge in [0.1, 0.15) is 0 Å². The number of nitrogens with two attached hydrogens (primary N) is 1. The molecule has 0 aliphatic heterocycles. The molecule has 1 unspecified atom stereocenters. The third kappa shape index (κ3) is 2.54. The highest BCUT2D eigenvalue weighted by Crippen LogP contribution is 2.37. The normalized spacial score (nSPS) is 18.1. The van der Waals surface area contributed by atoms with Crippen molar-refractivity contribution in [2.24, 2.45) is 5.73 Å². The number of benzene rings is 1. The van der Waals surface area contributed by atoms with Crippen molar-refractivity contribution in [2.75, 3.05) is 6.54 Å². The second-order valence-electron chi connectivity index (χ2n) is 4.19. The van der Waals surface area contributed by atoms with Crippen LogP contribution in [-0.4, -0.2) is 25.3 Å². The molecular weight excluding hydrogens is 306 g/mol. The van der Waals surface area contributed by atoms with Crippen LogP contribution in [0.15, 0.2) is 27.6 Å². The molecule has 1 aliphatic carbocycles. The molecule has 0 amide bonds. The number of sulfone groups is 1. The monoisotopic (exact) mass is 319 g/mol. The van der Waals surface area contributed by atoms with E-state index in [1.165, 1.54) is 6.07 Å². The highest BCUT2D eigenvalue weighted by atomic mass is 79.9. The fourth-order valence-electron chi connectivity index (χ4n) is 1.65. The van der Waals surface area contributed by atoms with Crippen molar-refractivity contribution in [1.29, 1.82) is 0 Å². The molecule has 0 spiro atoms. The maximum absolute atomic E-state index is 12.0. The van der Waals surface area contributed by atoms with Crippen LogP contribution in [-0.2, 0) is 9.84 Å². The standard InChI is InChI=1S/C11H14BrNO3S/c12-9-5-7(10(14)6-13)1-4-11(9)17(15,16)8-2-3-8/h1,4-5,8,10,14H,2-3,6,13H2. The minimum Gasteiger partial charge on any atom is -0.387 e. The molecule has 6 heteroatoms. The van der Waals surface area contributed by atoms with Gasteiger partial charge in [-0.3, -0.25) is 0 Å². The molecule has 1 saturated carbocycles. The molecule has 4 nitrogen and oxygen atoms in total. The molecule has 2 rings (SSSR count). The number of aliphatic hydroxyl groups is 1. The van der Waals surface area contributed by atoms with Gasteiger partial charge in [0.2, 0.25) is 0 Å². The lowest BCUT2D eigenvalue weighted by atomic mass is 10.1. The van der Waals surface area contributed by atoms with E-state index in [4.69, 9.17) is 5.73 Å². The second kappa shape index (κ2) is 4.68. The summed E-state index contributed by atoms with van der Waals surface area (Å²) >= 11 is 3.25. The summed E-state index contributed by atoms with van der Waals surface area (Å²) in [7, 11) is -3.21. The van der Waals surface area contributed by atoms with Gasteiger partial charge in [-0.15, -0.1) is 0 Å². The maximum atomic E-state index is 12.0. The Balaban J connectivity index is 2.38. The van der Waals surface area contributed by atoms with E-state index < -0.39 is 15.9 Å². The molecule has 1 fully saturated rings. The van der Waals surface area contributed by atoms with Crippen LogP contribution in [0.4, 0.5) is 0 Å². The Hall–Kier alpha value is -0.430. The van der Waals surface area contributed by atoms with Gasteiger partial charge in [0.25, 0.3) is 0 Å². The fraction of sp³-hybridized carbons (Fsp3) is 0.455. The van der Waals surface area contributed by atoms with Crippen LogP contribution in [0.5, 0.6) is 0 Å². The van der Waals surface area contributed by atoms with Crippen molar-refractivity contribution in [3.8, 4) is 0 Å². The molecule has 0 saturated heterocycles. The van der Waals surface area contributed by atoms with Gasteiger partial charge in [0.15, 0.2) is 9.84 Å². The van der Waals surface area contributed by atoms with E-state index in [0.29, 0.717) is 14.9 Å². The molecule has 0 bridgehead atoms. The summed E-state index contributed by atoms with van der Waals surface area (Å²) < 4.78 is 24.6. The first kappa shape index (κ1) is 13.0. The first-order valence-corrected chi connectivity index (χ1v) is 7.72. The van der Waals surface area contributed by atoms with Gasteiger partial charge >= 0.3 is 0 Å². The van der Waals surface area contributed by atoms with Gasteiger partial charge in [-0.05, 0) is 46.5 Å². The number of hydrogen-bond donors (Lipinski definition) is 2. The summed E-state index contributed by atoms with van der Waals surface area (Å²) in [6, 6.07) is 4.76. The topological polar surface area (TPSA) is 80.4 Å². The van der Waals surface area contributed by atoms with Crippen molar-refractivity contribution in [2.45, 2.75) is 29.1 Å². The number of aliphatic hydroxyl groups excluding tert-OH is 1. The zero-order valence-corrected chi connectivity index (χ0v) is 11.5. The van der Waals surface area contributed by atoms with Crippen LogP contribution in [0.2, 0.25) is 0 Å². The van der Waals surface area contributed by atoms with Crippen molar-refractivity contribution in [3.05, 3.63) is 28.2 Å². The number of halogens is 1. The molecule has 1 aliphatic rings. The van der Waals surface area contributed by atoms with Crippen LogP contribution < -0.4 is 5.73 Å². The third-order valence-electron chi connectivity index (χ3n) is 2.83. The first-order valence-electron chi connectivity index (χ1n) is 5.38. The van der Waals surface area contributed by atoms with Crippen molar-refractivity contribution in [1.82, 2.24) is 0 Å². The van der Waals surface area contributed by atoms with Crippen LogP contribution in [0.25, 0.3) is 0 Å². The van der Waals surface area contributed by atoms with E-state index >= 15 is 0 Å². The van der Waals surface area contributed by atoms with E-state index in [2.05, 4.69) is 15.9 Å². The average molecular weight is 320 g/mol. The van der Waals surface area contributed by atoms with E-state index in [-0.39, 0.29) is 11.8 Å². The maximum Gasteiger partial charge on any atom is 0.182 e. The van der Waals surface area contributed by atoms with E-state index in [9.17, 15) is 13.5 Å². The minimum absolute atomic E-state index is 0.112. The van der Waals surface area contributed by atoms with Gasteiger partial charge in [-0.2, -0.15) is 0 Å². The summed E-state index contributed by atoms with van der Waals surface area (Å²) in [6.45, 7) is 0.112. The summed E-state index contributed by atoms with van der Waals surface area (Å²) in [5.74, 6) is 0. The smallest absolute Gasteiger partial charge is 0.182 e. The Morgan fingerprint density at radius 1 is 1.47 bits per heavy atom. The van der Waals surface area contributed by atoms with Gasteiger partial charge in [0, 0.05) is 11.0 Å². The Bertz CT molecular complexity index is 526. The van der Waals surface area contributed by atoms with Crippen molar-refractivity contribution >= 4 is 25.8 Å². The second-order valence-corrected chi connectivity index (χ2v) is 7.24. The predicted octanol–water partition coefficient (Wildman–Crippen LogP) is 1.38. The van der Waals surface area contributed by atoms with Gasteiger partial charge in [0.05, 0.1) is 16.2 Å². The van der Waals surface area contributed by atoms with Gasteiger partial charge in [-0.25, -0.2) is 8.42 Å². The average Bonchev–Trinajstić information content (AvgIpc) is 3.11. The molecule has 1 atom stereocenters. The first-order chi connectivity index (χ1) is 7.96. The molecule has 1 aromatic carbocycles. The molecule has 94 valence electrons. The SMILES string of the molecule is NCC(O)c1ccc(S(=O)(=O)C2CC2)c(Br)c1. The molecule has 0 aromatic heterocycles. The fourth-order valence-corrected chi connectivity index (χ4v) is 4.43. The van der Waals surface area contributed by atoms with E-state index in [0.717, 1.165) is 12.8 Å². The molecule has 1 aromatic rings. The van der Waals surface area contributed by atoms with Gasteiger partial charge in [-0.1, -0.05) is 6.07 Å². The highest BCUT2D eigenvalue weighted by Gasteiger charge is 2.37. The molecule has 0 heterocycles. The van der Waals surface area contributed by atoms with E-state index in [1.807, 2.05) is 0 Å².